The van der Waals surface area contributed by atoms with Gasteiger partial charge in [0.05, 0.1) is 12.2 Å². The lowest BCUT2D eigenvalue weighted by atomic mass is 10.2. The van der Waals surface area contributed by atoms with E-state index in [4.69, 9.17) is 5.73 Å². The molecule has 1 aliphatic rings. The van der Waals surface area contributed by atoms with Gasteiger partial charge in [0.2, 0.25) is 0 Å². The fourth-order valence-electron chi connectivity index (χ4n) is 1.91. The van der Waals surface area contributed by atoms with Gasteiger partial charge in [-0.2, -0.15) is 5.10 Å². The largest absolute Gasteiger partial charge is 0.384 e. The molecule has 0 unspecified atom stereocenters. The molecular formula is C13H15N3. The highest BCUT2D eigenvalue weighted by molar-refractivity contribution is 5.34. The lowest BCUT2D eigenvalue weighted by Crippen LogP contribution is -2.05. The second kappa shape index (κ2) is 3.67. The van der Waals surface area contributed by atoms with Crippen molar-refractivity contribution in [3.05, 3.63) is 47.7 Å². The van der Waals surface area contributed by atoms with Crippen molar-refractivity contribution in [3.8, 4) is 0 Å². The summed E-state index contributed by atoms with van der Waals surface area (Å²) in [6.07, 6.45) is 2.53. The topological polar surface area (TPSA) is 43.8 Å². The average Bonchev–Trinajstić information content (AvgIpc) is 3.07. The molecule has 0 atom stereocenters. The Morgan fingerprint density at radius 1 is 1.25 bits per heavy atom. The molecule has 16 heavy (non-hydrogen) atoms. The summed E-state index contributed by atoms with van der Waals surface area (Å²) in [7, 11) is 0. The number of benzene rings is 1. The molecule has 0 radical (unpaired) electrons. The van der Waals surface area contributed by atoms with E-state index in [1.54, 1.807) is 0 Å². The van der Waals surface area contributed by atoms with E-state index < -0.39 is 0 Å². The quantitative estimate of drug-likeness (QED) is 0.850. The summed E-state index contributed by atoms with van der Waals surface area (Å²) in [5, 5.41) is 4.56. The Morgan fingerprint density at radius 3 is 2.69 bits per heavy atom. The van der Waals surface area contributed by atoms with Crippen LogP contribution in [0.3, 0.4) is 0 Å². The highest BCUT2D eigenvalue weighted by Crippen LogP contribution is 2.39. The van der Waals surface area contributed by atoms with Gasteiger partial charge in [0.1, 0.15) is 5.82 Å². The fourth-order valence-corrected chi connectivity index (χ4v) is 1.91. The van der Waals surface area contributed by atoms with Gasteiger partial charge >= 0.3 is 0 Å². The van der Waals surface area contributed by atoms with E-state index in [0.717, 1.165) is 18.1 Å². The molecule has 3 nitrogen and oxygen atoms in total. The summed E-state index contributed by atoms with van der Waals surface area (Å²) in [6.45, 7) is 0.763. The Morgan fingerprint density at radius 2 is 2.00 bits per heavy atom. The van der Waals surface area contributed by atoms with Crippen LogP contribution >= 0.6 is 0 Å². The minimum Gasteiger partial charge on any atom is -0.384 e. The van der Waals surface area contributed by atoms with E-state index in [1.165, 1.54) is 18.4 Å². The predicted octanol–water partition coefficient (Wildman–Crippen LogP) is 2.39. The molecule has 2 aromatic rings. The van der Waals surface area contributed by atoms with Crippen molar-refractivity contribution in [2.75, 3.05) is 5.73 Å². The first-order valence-corrected chi connectivity index (χ1v) is 5.70. The normalized spacial score (nSPS) is 15.2. The van der Waals surface area contributed by atoms with E-state index in [0.29, 0.717) is 5.92 Å². The molecule has 0 bridgehead atoms. The Balaban J connectivity index is 1.84. The minimum atomic E-state index is 0.666. The zero-order chi connectivity index (χ0) is 11.0. The lowest BCUT2D eigenvalue weighted by molar-refractivity contribution is 0.681. The van der Waals surface area contributed by atoms with Crippen molar-refractivity contribution in [3.63, 3.8) is 0 Å². The average molecular weight is 213 g/mol. The van der Waals surface area contributed by atoms with Crippen molar-refractivity contribution in [2.45, 2.75) is 25.3 Å². The molecule has 1 aromatic carbocycles. The molecule has 1 saturated carbocycles. The monoisotopic (exact) mass is 213 g/mol. The van der Waals surface area contributed by atoms with Crippen molar-refractivity contribution in [1.82, 2.24) is 9.78 Å². The highest BCUT2D eigenvalue weighted by atomic mass is 15.3. The molecule has 3 heteroatoms. The Labute approximate surface area is 94.9 Å². The molecule has 82 valence electrons. The second-order valence-electron chi connectivity index (χ2n) is 4.41. The minimum absolute atomic E-state index is 0.666. The van der Waals surface area contributed by atoms with Crippen LogP contribution in [0.25, 0.3) is 0 Å². The first-order chi connectivity index (χ1) is 7.83. The van der Waals surface area contributed by atoms with Crippen LogP contribution in [0.4, 0.5) is 5.82 Å². The third-order valence-corrected chi connectivity index (χ3v) is 3.00. The van der Waals surface area contributed by atoms with Gasteiger partial charge in [0.15, 0.2) is 0 Å². The SMILES string of the molecule is Nc1cc(C2CC2)nn1Cc1ccccc1. The first-order valence-electron chi connectivity index (χ1n) is 5.70. The van der Waals surface area contributed by atoms with E-state index in [9.17, 15) is 0 Å². The number of anilines is 1. The van der Waals surface area contributed by atoms with Gasteiger partial charge < -0.3 is 5.73 Å². The van der Waals surface area contributed by atoms with E-state index in [-0.39, 0.29) is 0 Å². The summed E-state index contributed by atoms with van der Waals surface area (Å²) in [6, 6.07) is 12.3. The van der Waals surface area contributed by atoms with Gasteiger partial charge in [-0.05, 0) is 18.4 Å². The van der Waals surface area contributed by atoms with Crippen LogP contribution in [0, 0.1) is 0 Å². The van der Waals surface area contributed by atoms with Gasteiger partial charge in [0.25, 0.3) is 0 Å². The Hall–Kier alpha value is -1.77. The molecule has 2 N–H and O–H groups in total. The van der Waals surface area contributed by atoms with Gasteiger partial charge in [-0.15, -0.1) is 0 Å². The van der Waals surface area contributed by atoms with E-state index in [1.807, 2.05) is 28.9 Å². The van der Waals surface area contributed by atoms with E-state index >= 15 is 0 Å². The fraction of sp³-hybridized carbons (Fsp3) is 0.308. The summed E-state index contributed by atoms with van der Waals surface area (Å²) in [4.78, 5) is 0. The standard InChI is InChI=1S/C13H15N3/c14-13-8-12(11-6-7-11)15-16(13)9-10-4-2-1-3-5-10/h1-5,8,11H,6-7,9,14H2. The molecule has 1 aliphatic carbocycles. The smallest absolute Gasteiger partial charge is 0.122 e. The highest BCUT2D eigenvalue weighted by Gasteiger charge is 2.26. The number of rotatable bonds is 3. The van der Waals surface area contributed by atoms with Gasteiger partial charge in [-0.25, -0.2) is 4.68 Å². The third-order valence-electron chi connectivity index (χ3n) is 3.00. The molecule has 0 saturated heterocycles. The Kier molecular flexibility index (Phi) is 2.17. The number of hydrogen-bond acceptors (Lipinski definition) is 2. The van der Waals surface area contributed by atoms with Crippen LogP contribution in [0.1, 0.15) is 30.0 Å². The molecule has 3 rings (SSSR count). The van der Waals surface area contributed by atoms with Crippen LogP contribution in [-0.4, -0.2) is 9.78 Å². The molecule has 1 aromatic heterocycles. The van der Waals surface area contributed by atoms with Gasteiger partial charge in [-0.1, -0.05) is 30.3 Å². The van der Waals surface area contributed by atoms with Crippen LogP contribution in [0.15, 0.2) is 36.4 Å². The molecule has 0 spiro atoms. The summed E-state index contributed by atoms with van der Waals surface area (Å²) >= 11 is 0. The van der Waals surface area contributed by atoms with Crippen molar-refractivity contribution in [2.24, 2.45) is 0 Å². The number of nitrogen functional groups attached to an aromatic ring is 1. The number of hydrogen-bond donors (Lipinski definition) is 1. The van der Waals surface area contributed by atoms with Crippen molar-refractivity contribution in [1.29, 1.82) is 0 Å². The summed E-state index contributed by atoms with van der Waals surface area (Å²) in [5.74, 6) is 1.44. The van der Waals surface area contributed by atoms with Crippen molar-refractivity contribution < 1.29 is 0 Å². The number of aromatic nitrogens is 2. The maximum Gasteiger partial charge on any atom is 0.122 e. The summed E-state index contributed by atoms with van der Waals surface area (Å²) in [5.41, 5.74) is 8.35. The van der Waals surface area contributed by atoms with Crippen LogP contribution in [-0.2, 0) is 6.54 Å². The van der Waals surface area contributed by atoms with Crippen LogP contribution in [0.5, 0.6) is 0 Å². The molecular weight excluding hydrogens is 198 g/mol. The first kappa shape index (κ1) is 9.46. The third kappa shape index (κ3) is 1.81. The van der Waals surface area contributed by atoms with Gasteiger partial charge in [-0.3, -0.25) is 0 Å². The zero-order valence-electron chi connectivity index (χ0n) is 9.13. The maximum atomic E-state index is 5.96. The molecule has 0 aliphatic heterocycles. The second-order valence-corrected chi connectivity index (χ2v) is 4.41. The zero-order valence-corrected chi connectivity index (χ0v) is 9.13. The summed E-state index contributed by atoms with van der Waals surface area (Å²) < 4.78 is 1.89. The number of nitrogens with two attached hydrogens (primary N) is 1. The lowest BCUT2D eigenvalue weighted by Gasteiger charge is -2.03. The molecule has 1 fully saturated rings. The molecule has 0 amide bonds. The van der Waals surface area contributed by atoms with Crippen LogP contribution < -0.4 is 5.73 Å². The maximum absolute atomic E-state index is 5.96. The van der Waals surface area contributed by atoms with E-state index in [2.05, 4.69) is 17.2 Å². The van der Waals surface area contributed by atoms with Crippen LogP contribution in [0.2, 0.25) is 0 Å². The number of nitrogens with zero attached hydrogens (tertiary/aromatic N) is 2. The Bertz CT molecular complexity index is 483. The van der Waals surface area contributed by atoms with Gasteiger partial charge in [0, 0.05) is 12.0 Å². The predicted molar refractivity (Wildman–Crippen MR) is 64.2 cm³/mol. The molecule has 1 heterocycles. The van der Waals surface area contributed by atoms with Crippen molar-refractivity contribution >= 4 is 5.82 Å².